The molecule has 105 valence electrons. The molecule has 0 spiro atoms. The highest BCUT2D eigenvalue weighted by molar-refractivity contribution is 5.30. The van der Waals surface area contributed by atoms with Crippen molar-refractivity contribution in [3.63, 3.8) is 0 Å². The zero-order valence-electron chi connectivity index (χ0n) is 10.8. The molecular formula is C16H15F3N. The predicted molar refractivity (Wildman–Crippen MR) is 72.8 cm³/mol. The van der Waals surface area contributed by atoms with Gasteiger partial charge in [-0.25, -0.2) is 0 Å². The Morgan fingerprint density at radius 2 is 1.55 bits per heavy atom. The van der Waals surface area contributed by atoms with E-state index in [4.69, 9.17) is 5.73 Å². The van der Waals surface area contributed by atoms with Crippen molar-refractivity contribution in [1.29, 1.82) is 0 Å². The largest absolute Gasteiger partial charge is 0.416 e. The minimum Gasteiger partial charge on any atom is -0.324 e. The van der Waals surface area contributed by atoms with E-state index in [1.165, 1.54) is 12.1 Å². The molecule has 2 N–H and O–H groups in total. The monoisotopic (exact) mass is 278 g/mol. The molecule has 0 aliphatic rings. The normalized spacial score (nSPS) is 13.2. The molecule has 0 fully saturated rings. The Kier molecular flexibility index (Phi) is 4.45. The van der Waals surface area contributed by atoms with Crippen molar-refractivity contribution in [1.82, 2.24) is 0 Å². The molecule has 0 saturated carbocycles. The van der Waals surface area contributed by atoms with Crippen molar-refractivity contribution in [3.8, 4) is 0 Å². The fourth-order valence-electron chi connectivity index (χ4n) is 1.91. The average molecular weight is 278 g/mol. The van der Waals surface area contributed by atoms with Gasteiger partial charge in [0.15, 0.2) is 0 Å². The SMILES string of the molecule is NC(C[CH]c1ccc(C(F)(F)F)cc1)c1ccccc1. The van der Waals surface area contributed by atoms with Crippen LogP contribution in [0.3, 0.4) is 0 Å². The fourth-order valence-corrected chi connectivity index (χ4v) is 1.91. The molecule has 2 aromatic rings. The third kappa shape index (κ3) is 3.84. The lowest BCUT2D eigenvalue weighted by Gasteiger charge is -2.12. The molecule has 0 aliphatic heterocycles. The van der Waals surface area contributed by atoms with E-state index in [1.54, 1.807) is 0 Å². The Morgan fingerprint density at radius 1 is 0.950 bits per heavy atom. The minimum atomic E-state index is -4.29. The average Bonchev–Trinajstić information content (AvgIpc) is 2.45. The highest BCUT2D eigenvalue weighted by Crippen LogP contribution is 2.29. The predicted octanol–water partition coefficient (Wildman–Crippen LogP) is 4.35. The summed E-state index contributed by atoms with van der Waals surface area (Å²) in [7, 11) is 0. The standard InChI is InChI=1S/C16H15F3N/c17-16(18,19)14-9-6-12(7-10-14)8-11-15(20)13-4-2-1-3-5-13/h1-10,15H,11,20H2. The molecule has 0 bridgehead atoms. The topological polar surface area (TPSA) is 26.0 Å². The first-order valence-corrected chi connectivity index (χ1v) is 6.28. The number of hydrogen-bond donors (Lipinski definition) is 1. The van der Waals surface area contributed by atoms with Gasteiger partial charge in [-0.2, -0.15) is 13.2 Å². The Bertz CT molecular complexity index is 532. The van der Waals surface area contributed by atoms with Gasteiger partial charge < -0.3 is 5.73 Å². The van der Waals surface area contributed by atoms with Crippen LogP contribution in [0.1, 0.15) is 29.2 Å². The summed E-state index contributed by atoms with van der Waals surface area (Å²) >= 11 is 0. The van der Waals surface area contributed by atoms with Gasteiger partial charge in [0.05, 0.1) is 5.56 Å². The van der Waals surface area contributed by atoms with Crippen LogP contribution in [0.2, 0.25) is 0 Å². The summed E-state index contributed by atoms with van der Waals surface area (Å²) in [6.45, 7) is 0. The summed E-state index contributed by atoms with van der Waals surface area (Å²) in [5.74, 6) is 0. The summed E-state index contributed by atoms with van der Waals surface area (Å²) in [6, 6.07) is 14.5. The van der Waals surface area contributed by atoms with E-state index in [0.717, 1.165) is 23.3 Å². The molecule has 4 heteroatoms. The minimum absolute atomic E-state index is 0.154. The van der Waals surface area contributed by atoms with Crippen molar-refractivity contribution < 1.29 is 13.2 Å². The molecule has 0 aromatic heterocycles. The van der Waals surface area contributed by atoms with E-state index in [-0.39, 0.29) is 6.04 Å². The van der Waals surface area contributed by atoms with Crippen LogP contribution in [0.15, 0.2) is 54.6 Å². The summed E-state index contributed by atoms with van der Waals surface area (Å²) in [6.07, 6.45) is -1.87. The molecule has 1 unspecified atom stereocenters. The zero-order chi connectivity index (χ0) is 14.6. The van der Waals surface area contributed by atoms with Crippen molar-refractivity contribution in [2.45, 2.75) is 18.6 Å². The van der Waals surface area contributed by atoms with Crippen LogP contribution < -0.4 is 5.73 Å². The van der Waals surface area contributed by atoms with E-state index in [9.17, 15) is 13.2 Å². The number of hydrogen-bond acceptors (Lipinski definition) is 1. The summed E-state index contributed by atoms with van der Waals surface area (Å²) in [5, 5.41) is 0. The number of benzene rings is 2. The van der Waals surface area contributed by atoms with E-state index in [1.807, 2.05) is 36.8 Å². The summed E-state index contributed by atoms with van der Waals surface area (Å²) in [5.41, 5.74) is 7.14. The van der Waals surface area contributed by atoms with Crippen molar-refractivity contribution in [2.75, 3.05) is 0 Å². The molecule has 2 rings (SSSR count). The Labute approximate surface area is 116 Å². The number of nitrogens with two attached hydrogens (primary N) is 1. The summed E-state index contributed by atoms with van der Waals surface area (Å²) < 4.78 is 37.3. The van der Waals surface area contributed by atoms with Crippen molar-refractivity contribution in [2.24, 2.45) is 5.73 Å². The maximum absolute atomic E-state index is 12.4. The Hall–Kier alpha value is -1.81. The van der Waals surface area contributed by atoms with Crippen LogP contribution >= 0.6 is 0 Å². The van der Waals surface area contributed by atoms with Crippen LogP contribution in [-0.4, -0.2) is 0 Å². The molecule has 0 amide bonds. The van der Waals surface area contributed by atoms with E-state index < -0.39 is 11.7 Å². The smallest absolute Gasteiger partial charge is 0.324 e. The van der Waals surface area contributed by atoms with Crippen LogP contribution in [0.25, 0.3) is 0 Å². The molecular weight excluding hydrogens is 263 g/mol. The van der Waals surface area contributed by atoms with Crippen LogP contribution in [-0.2, 0) is 6.18 Å². The lowest BCUT2D eigenvalue weighted by Crippen LogP contribution is -2.10. The second kappa shape index (κ2) is 6.09. The molecule has 1 radical (unpaired) electrons. The van der Waals surface area contributed by atoms with Gasteiger partial charge >= 0.3 is 6.18 Å². The number of halogens is 3. The van der Waals surface area contributed by atoms with Gasteiger partial charge in [0, 0.05) is 6.04 Å². The summed E-state index contributed by atoms with van der Waals surface area (Å²) in [4.78, 5) is 0. The van der Waals surface area contributed by atoms with E-state index in [2.05, 4.69) is 0 Å². The van der Waals surface area contributed by atoms with Gasteiger partial charge in [0.1, 0.15) is 0 Å². The van der Waals surface area contributed by atoms with Crippen LogP contribution in [0, 0.1) is 6.42 Å². The molecule has 0 saturated heterocycles. The van der Waals surface area contributed by atoms with Gasteiger partial charge in [0.25, 0.3) is 0 Å². The Balaban J connectivity index is 1.94. The number of rotatable bonds is 4. The molecule has 0 aliphatic carbocycles. The molecule has 2 aromatic carbocycles. The lowest BCUT2D eigenvalue weighted by atomic mass is 9.99. The van der Waals surface area contributed by atoms with Gasteiger partial charge in [-0.1, -0.05) is 42.5 Å². The third-order valence-electron chi connectivity index (χ3n) is 3.07. The maximum atomic E-state index is 12.4. The van der Waals surface area contributed by atoms with Crippen molar-refractivity contribution in [3.05, 3.63) is 77.7 Å². The highest BCUT2D eigenvalue weighted by Gasteiger charge is 2.29. The first kappa shape index (κ1) is 14.6. The highest BCUT2D eigenvalue weighted by atomic mass is 19.4. The van der Waals surface area contributed by atoms with Crippen molar-refractivity contribution >= 4 is 0 Å². The van der Waals surface area contributed by atoms with Gasteiger partial charge in [-0.05, 0) is 36.1 Å². The molecule has 1 atom stereocenters. The first-order valence-electron chi connectivity index (χ1n) is 6.28. The van der Waals surface area contributed by atoms with Gasteiger partial charge in [-0.3, -0.25) is 0 Å². The fraction of sp³-hybridized carbons (Fsp3) is 0.188. The van der Waals surface area contributed by atoms with E-state index in [0.29, 0.717) is 6.42 Å². The maximum Gasteiger partial charge on any atom is 0.416 e. The van der Waals surface area contributed by atoms with Crippen LogP contribution in [0.5, 0.6) is 0 Å². The molecule has 20 heavy (non-hydrogen) atoms. The van der Waals surface area contributed by atoms with Gasteiger partial charge in [-0.15, -0.1) is 0 Å². The second-order valence-corrected chi connectivity index (χ2v) is 4.58. The first-order chi connectivity index (χ1) is 9.47. The van der Waals surface area contributed by atoms with Crippen LogP contribution in [0.4, 0.5) is 13.2 Å². The third-order valence-corrected chi connectivity index (χ3v) is 3.07. The zero-order valence-corrected chi connectivity index (χ0v) is 10.8. The quantitative estimate of drug-likeness (QED) is 0.884. The van der Waals surface area contributed by atoms with E-state index >= 15 is 0 Å². The second-order valence-electron chi connectivity index (χ2n) is 4.58. The Morgan fingerprint density at radius 3 is 2.10 bits per heavy atom. The van der Waals surface area contributed by atoms with Gasteiger partial charge in [0.2, 0.25) is 0 Å². The molecule has 1 nitrogen and oxygen atoms in total. The molecule has 0 heterocycles. The lowest BCUT2D eigenvalue weighted by molar-refractivity contribution is -0.137. The number of alkyl halides is 3.